The third-order valence-electron chi connectivity index (χ3n) is 1.87. The zero-order valence-electron chi connectivity index (χ0n) is 8.36. The second kappa shape index (κ2) is 5.07. The standard InChI is InChI=1S/C9H15N3OS/c1-6(9-11-3-4-14-9)5-12-8(13)7(2)10/h3-4,6-7H,5,10H2,1-2H3,(H,12,13)/t6?,7-/m1/s1. The van der Waals surface area contributed by atoms with Crippen LogP contribution in [0, 0.1) is 0 Å². The van der Waals surface area contributed by atoms with E-state index < -0.39 is 6.04 Å². The molecule has 14 heavy (non-hydrogen) atoms. The van der Waals surface area contributed by atoms with Crippen molar-refractivity contribution in [1.29, 1.82) is 0 Å². The highest BCUT2D eigenvalue weighted by atomic mass is 32.1. The fourth-order valence-electron chi connectivity index (χ4n) is 0.980. The molecule has 0 aliphatic rings. The van der Waals surface area contributed by atoms with E-state index in [1.165, 1.54) is 0 Å². The zero-order valence-corrected chi connectivity index (χ0v) is 9.17. The molecule has 1 heterocycles. The summed E-state index contributed by atoms with van der Waals surface area (Å²) in [6, 6.07) is -0.446. The number of nitrogens with one attached hydrogen (secondary N) is 1. The fraction of sp³-hybridized carbons (Fsp3) is 0.556. The van der Waals surface area contributed by atoms with E-state index in [-0.39, 0.29) is 11.8 Å². The predicted molar refractivity (Wildman–Crippen MR) is 57.2 cm³/mol. The molecule has 0 bridgehead atoms. The van der Waals surface area contributed by atoms with Gasteiger partial charge in [-0.25, -0.2) is 4.98 Å². The van der Waals surface area contributed by atoms with E-state index in [9.17, 15) is 4.79 Å². The molecular weight excluding hydrogens is 198 g/mol. The van der Waals surface area contributed by atoms with Gasteiger partial charge < -0.3 is 11.1 Å². The number of aromatic nitrogens is 1. The fourth-order valence-corrected chi connectivity index (χ4v) is 1.68. The molecule has 1 amide bonds. The van der Waals surface area contributed by atoms with Gasteiger partial charge in [-0.05, 0) is 6.92 Å². The molecule has 0 saturated heterocycles. The topological polar surface area (TPSA) is 68.0 Å². The number of thiazole rings is 1. The Morgan fingerprint density at radius 3 is 2.93 bits per heavy atom. The van der Waals surface area contributed by atoms with Crippen LogP contribution in [0.3, 0.4) is 0 Å². The van der Waals surface area contributed by atoms with Crippen LogP contribution in [-0.4, -0.2) is 23.5 Å². The average molecular weight is 213 g/mol. The van der Waals surface area contributed by atoms with Crippen LogP contribution >= 0.6 is 11.3 Å². The molecule has 0 spiro atoms. The Morgan fingerprint density at radius 2 is 2.43 bits per heavy atom. The van der Waals surface area contributed by atoms with Crippen molar-refractivity contribution in [3.63, 3.8) is 0 Å². The minimum atomic E-state index is -0.446. The van der Waals surface area contributed by atoms with Crippen LogP contribution in [-0.2, 0) is 4.79 Å². The lowest BCUT2D eigenvalue weighted by Gasteiger charge is -2.11. The number of nitrogens with two attached hydrogens (primary N) is 1. The molecule has 3 N–H and O–H groups in total. The molecule has 0 aromatic carbocycles. The Balaban J connectivity index is 2.36. The molecule has 0 aliphatic heterocycles. The monoisotopic (exact) mass is 213 g/mol. The second-order valence-corrected chi connectivity index (χ2v) is 4.23. The molecule has 0 radical (unpaired) electrons. The molecule has 1 aromatic heterocycles. The van der Waals surface area contributed by atoms with Gasteiger partial charge in [0.1, 0.15) is 0 Å². The van der Waals surface area contributed by atoms with E-state index in [2.05, 4.69) is 10.3 Å². The summed E-state index contributed by atoms with van der Waals surface area (Å²) in [5, 5.41) is 5.74. The molecular formula is C9H15N3OS. The van der Waals surface area contributed by atoms with Crippen molar-refractivity contribution in [2.24, 2.45) is 5.73 Å². The van der Waals surface area contributed by atoms with E-state index in [1.54, 1.807) is 24.5 Å². The first-order valence-corrected chi connectivity index (χ1v) is 5.42. The maximum Gasteiger partial charge on any atom is 0.236 e. The summed E-state index contributed by atoms with van der Waals surface area (Å²) in [7, 11) is 0. The smallest absolute Gasteiger partial charge is 0.236 e. The molecule has 1 unspecified atom stereocenters. The minimum Gasteiger partial charge on any atom is -0.354 e. The van der Waals surface area contributed by atoms with E-state index in [1.807, 2.05) is 12.3 Å². The number of carbonyl (C=O) groups is 1. The SMILES string of the molecule is CC(CNC(=O)[C@@H](C)N)c1nccs1. The van der Waals surface area contributed by atoms with Gasteiger partial charge in [-0.1, -0.05) is 6.92 Å². The van der Waals surface area contributed by atoms with Gasteiger partial charge in [0.05, 0.1) is 11.0 Å². The average Bonchev–Trinajstić information content (AvgIpc) is 2.66. The number of hydrogen-bond donors (Lipinski definition) is 2. The van der Waals surface area contributed by atoms with E-state index >= 15 is 0 Å². The summed E-state index contributed by atoms with van der Waals surface area (Å²) in [6.45, 7) is 4.29. The van der Waals surface area contributed by atoms with Gasteiger partial charge in [0.2, 0.25) is 5.91 Å². The van der Waals surface area contributed by atoms with Gasteiger partial charge in [-0.2, -0.15) is 0 Å². The van der Waals surface area contributed by atoms with Crippen molar-refractivity contribution >= 4 is 17.2 Å². The summed E-state index contributed by atoms with van der Waals surface area (Å²) in [5.74, 6) is 0.131. The summed E-state index contributed by atoms with van der Waals surface area (Å²) >= 11 is 1.60. The maximum absolute atomic E-state index is 11.2. The van der Waals surface area contributed by atoms with Gasteiger partial charge in [0, 0.05) is 24.0 Å². The Kier molecular flexibility index (Phi) is 4.03. The largest absolute Gasteiger partial charge is 0.354 e. The first-order valence-electron chi connectivity index (χ1n) is 4.54. The second-order valence-electron chi connectivity index (χ2n) is 3.31. The van der Waals surface area contributed by atoms with Crippen LogP contribution in [0.25, 0.3) is 0 Å². The van der Waals surface area contributed by atoms with Crippen molar-refractivity contribution in [3.05, 3.63) is 16.6 Å². The first-order chi connectivity index (χ1) is 6.61. The van der Waals surface area contributed by atoms with Gasteiger partial charge in [0.25, 0.3) is 0 Å². The van der Waals surface area contributed by atoms with Gasteiger partial charge in [-0.15, -0.1) is 11.3 Å². The summed E-state index contributed by atoms with van der Waals surface area (Å²) in [4.78, 5) is 15.3. The van der Waals surface area contributed by atoms with Crippen molar-refractivity contribution in [3.8, 4) is 0 Å². The lowest BCUT2D eigenvalue weighted by atomic mass is 10.2. The van der Waals surface area contributed by atoms with E-state index in [4.69, 9.17) is 5.73 Å². The van der Waals surface area contributed by atoms with E-state index in [0.29, 0.717) is 6.54 Å². The third kappa shape index (κ3) is 3.08. The zero-order chi connectivity index (χ0) is 10.6. The van der Waals surface area contributed by atoms with Crippen LogP contribution in [0.4, 0.5) is 0 Å². The molecule has 0 saturated carbocycles. The summed E-state index contributed by atoms with van der Waals surface area (Å²) in [5.41, 5.74) is 5.42. The van der Waals surface area contributed by atoms with Crippen LogP contribution in [0.15, 0.2) is 11.6 Å². The predicted octanol–water partition coefficient (Wildman–Crippen LogP) is 0.710. The lowest BCUT2D eigenvalue weighted by Crippen LogP contribution is -2.39. The molecule has 4 nitrogen and oxygen atoms in total. The van der Waals surface area contributed by atoms with Gasteiger partial charge in [-0.3, -0.25) is 4.79 Å². The Labute approximate surface area is 87.5 Å². The Morgan fingerprint density at radius 1 is 1.71 bits per heavy atom. The van der Waals surface area contributed by atoms with Crippen LogP contribution in [0.5, 0.6) is 0 Å². The molecule has 2 atom stereocenters. The third-order valence-corrected chi connectivity index (χ3v) is 2.88. The Bertz CT molecular complexity index is 284. The quantitative estimate of drug-likeness (QED) is 0.774. The van der Waals surface area contributed by atoms with Gasteiger partial charge in [0.15, 0.2) is 0 Å². The highest BCUT2D eigenvalue weighted by Gasteiger charge is 2.11. The molecule has 1 aromatic rings. The maximum atomic E-state index is 11.2. The Hall–Kier alpha value is -0.940. The molecule has 0 fully saturated rings. The number of amides is 1. The lowest BCUT2D eigenvalue weighted by molar-refractivity contribution is -0.122. The van der Waals surface area contributed by atoms with Crippen LogP contribution in [0.2, 0.25) is 0 Å². The van der Waals surface area contributed by atoms with Gasteiger partial charge >= 0.3 is 0 Å². The number of rotatable bonds is 4. The molecule has 1 rings (SSSR count). The molecule has 5 heteroatoms. The minimum absolute atomic E-state index is 0.117. The molecule has 78 valence electrons. The van der Waals surface area contributed by atoms with Crippen LogP contribution < -0.4 is 11.1 Å². The van der Waals surface area contributed by atoms with Crippen molar-refractivity contribution in [2.45, 2.75) is 25.8 Å². The highest BCUT2D eigenvalue weighted by Crippen LogP contribution is 2.16. The highest BCUT2D eigenvalue weighted by molar-refractivity contribution is 7.09. The molecule has 0 aliphatic carbocycles. The number of hydrogen-bond acceptors (Lipinski definition) is 4. The normalized spacial score (nSPS) is 14.8. The summed E-state index contributed by atoms with van der Waals surface area (Å²) < 4.78 is 0. The van der Waals surface area contributed by atoms with Crippen LogP contribution in [0.1, 0.15) is 24.8 Å². The first kappa shape index (κ1) is 11.1. The summed E-state index contributed by atoms with van der Waals surface area (Å²) in [6.07, 6.45) is 1.77. The number of nitrogens with zero attached hydrogens (tertiary/aromatic N) is 1. The van der Waals surface area contributed by atoms with Crippen molar-refractivity contribution < 1.29 is 4.79 Å². The number of carbonyl (C=O) groups excluding carboxylic acids is 1. The van der Waals surface area contributed by atoms with Crippen molar-refractivity contribution in [2.75, 3.05) is 6.54 Å². The van der Waals surface area contributed by atoms with E-state index in [0.717, 1.165) is 5.01 Å². The van der Waals surface area contributed by atoms with Crippen molar-refractivity contribution in [1.82, 2.24) is 10.3 Å².